The number of rotatable bonds is 9. The maximum atomic E-state index is 11.7. The monoisotopic (exact) mass is 302 g/mol. The molecule has 1 unspecified atom stereocenters. The van der Waals surface area contributed by atoms with Gasteiger partial charge in [-0.15, -0.1) is 0 Å². The minimum Gasteiger partial charge on any atom is -0.466 e. The molecule has 0 aliphatic rings. The summed E-state index contributed by atoms with van der Waals surface area (Å²) >= 11 is 0. The maximum Gasteiger partial charge on any atom is 0.308 e. The van der Waals surface area contributed by atoms with Crippen LogP contribution < -0.4 is 0 Å². The molecule has 0 N–H and O–H groups in total. The molecule has 0 saturated carbocycles. The minimum atomic E-state index is -1.83. The Hall–Kier alpha value is -0.353. The Bertz CT molecular complexity index is 282. The van der Waals surface area contributed by atoms with Crippen molar-refractivity contribution in [2.45, 2.75) is 91.0 Å². The van der Waals surface area contributed by atoms with E-state index in [9.17, 15) is 4.79 Å². The summed E-state index contributed by atoms with van der Waals surface area (Å²) in [6.07, 6.45) is 4.87. The third kappa shape index (κ3) is 7.43. The lowest BCUT2D eigenvalue weighted by Crippen LogP contribution is -2.44. The number of hydrogen-bond donors (Lipinski definition) is 0. The number of unbranched alkanes of at least 4 members (excludes halogenated alkanes) is 2. The Labute approximate surface area is 126 Å². The number of esters is 1. The van der Waals surface area contributed by atoms with Crippen LogP contribution in [-0.2, 0) is 14.0 Å². The molecule has 0 rings (SSSR count). The van der Waals surface area contributed by atoms with Crippen LogP contribution in [0.5, 0.6) is 0 Å². The Morgan fingerprint density at radius 2 is 1.75 bits per heavy atom. The Balaban J connectivity index is 4.63. The highest BCUT2D eigenvalue weighted by atomic mass is 28.4. The van der Waals surface area contributed by atoms with E-state index in [0.29, 0.717) is 13.0 Å². The normalized spacial score (nSPS) is 14.2. The van der Waals surface area contributed by atoms with Gasteiger partial charge in [0.2, 0.25) is 0 Å². The first-order valence-electron chi connectivity index (χ1n) is 7.97. The van der Waals surface area contributed by atoms with Crippen molar-refractivity contribution >= 4 is 14.3 Å². The van der Waals surface area contributed by atoms with Crippen molar-refractivity contribution in [3.63, 3.8) is 0 Å². The van der Waals surface area contributed by atoms with E-state index in [1.165, 1.54) is 12.8 Å². The quantitative estimate of drug-likeness (QED) is 0.345. The molecule has 3 nitrogen and oxygen atoms in total. The lowest BCUT2D eigenvalue weighted by Gasteiger charge is -2.39. The van der Waals surface area contributed by atoms with Crippen LogP contribution in [0.3, 0.4) is 0 Å². The summed E-state index contributed by atoms with van der Waals surface area (Å²) in [5, 5.41) is 0.171. The van der Waals surface area contributed by atoms with E-state index in [1.54, 1.807) is 0 Å². The molecular weight excluding hydrogens is 268 g/mol. The average Bonchev–Trinajstić information content (AvgIpc) is 2.27. The van der Waals surface area contributed by atoms with Gasteiger partial charge in [0.05, 0.1) is 19.1 Å². The third-order valence-corrected chi connectivity index (χ3v) is 8.63. The molecule has 0 bridgehead atoms. The summed E-state index contributed by atoms with van der Waals surface area (Å²) in [5.41, 5.74) is 0. The summed E-state index contributed by atoms with van der Waals surface area (Å²) in [4.78, 5) is 11.7. The van der Waals surface area contributed by atoms with Crippen molar-refractivity contribution in [2.75, 3.05) is 6.61 Å². The molecule has 0 spiro atoms. The van der Waals surface area contributed by atoms with Crippen LogP contribution in [0.25, 0.3) is 0 Å². The molecule has 0 aromatic rings. The highest BCUT2D eigenvalue weighted by Gasteiger charge is 2.39. The molecule has 0 radical (unpaired) electrons. The van der Waals surface area contributed by atoms with Crippen molar-refractivity contribution in [1.29, 1.82) is 0 Å². The molecular formula is C16H34O3Si. The first-order valence-corrected chi connectivity index (χ1v) is 10.9. The average molecular weight is 303 g/mol. The molecule has 0 aromatic carbocycles. The first-order chi connectivity index (χ1) is 9.14. The topological polar surface area (TPSA) is 35.5 Å². The standard InChI is InChI=1S/C16H34O3Si/c1-8-10-11-12-14(13-15(17)18-9-2)19-20(6,7)16(3,4)5/h14H,8-13H2,1-7H3. The second kappa shape index (κ2) is 8.83. The lowest BCUT2D eigenvalue weighted by atomic mass is 10.1. The van der Waals surface area contributed by atoms with Gasteiger partial charge >= 0.3 is 5.97 Å². The molecule has 4 heteroatoms. The Kier molecular flexibility index (Phi) is 8.67. The second-order valence-electron chi connectivity index (χ2n) is 7.01. The lowest BCUT2D eigenvalue weighted by molar-refractivity contribution is -0.145. The van der Waals surface area contributed by atoms with Crippen molar-refractivity contribution < 1.29 is 14.0 Å². The van der Waals surface area contributed by atoms with E-state index in [4.69, 9.17) is 9.16 Å². The molecule has 0 saturated heterocycles. The predicted molar refractivity (Wildman–Crippen MR) is 87.5 cm³/mol. The van der Waals surface area contributed by atoms with Gasteiger partial charge in [-0.3, -0.25) is 4.79 Å². The van der Waals surface area contributed by atoms with Crippen LogP contribution in [0.15, 0.2) is 0 Å². The van der Waals surface area contributed by atoms with E-state index in [2.05, 4.69) is 40.8 Å². The molecule has 0 amide bonds. The highest BCUT2D eigenvalue weighted by molar-refractivity contribution is 6.74. The number of carbonyl (C=O) groups is 1. The van der Waals surface area contributed by atoms with Gasteiger partial charge in [-0.25, -0.2) is 0 Å². The van der Waals surface area contributed by atoms with Gasteiger partial charge in [-0.2, -0.15) is 0 Å². The van der Waals surface area contributed by atoms with Crippen LogP contribution in [0.2, 0.25) is 18.1 Å². The van der Waals surface area contributed by atoms with E-state index in [0.717, 1.165) is 12.8 Å². The molecule has 20 heavy (non-hydrogen) atoms. The van der Waals surface area contributed by atoms with Gasteiger partial charge in [-0.05, 0) is 31.5 Å². The number of ether oxygens (including phenoxy) is 1. The fraction of sp³-hybridized carbons (Fsp3) is 0.938. The SMILES string of the molecule is CCCCCC(CC(=O)OCC)O[Si](C)(C)C(C)(C)C. The van der Waals surface area contributed by atoms with Crippen LogP contribution in [0, 0.1) is 0 Å². The second-order valence-corrected chi connectivity index (χ2v) is 11.8. The summed E-state index contributed by atoms with van der Waals surface area (Å²) in [6.45, 7) is 15.6. The molecule has 1 atom stereocenters. The molecule has 0 aliphatic carbocycles. The fourth-order valence-corrected chi connectivity index (χ4v) is 3.21. The van der Waals surface area contributed by atoms with Gasteiger partial charge in [0.15, 0.2) is 8.32 Å². The summed E-state index contributed by atoms with van der Waals surface area (Å²) < 4.78 is 11.5. The van der Waals surface area contributed by atoms with Crippen molar-refractivity contribution in [1.82, 2.24) is 0 Å². The maximum absolute atomic E-state index is 11.7. The van der Waals surface area contributed by atoms with E-state index in [-0.39, 0.29) is 17.1 Å². The van der Waals surface area contributed by atoms with Crippen molar-refractivity contribution in [2.24, 2.45) is 0 Å². The Morgan fingerprint density at radius 1 is 1.15 bits per heavy atom. The van der Waals surface area contributed by atoms with Gasteiger partial charge < -0.3 is 9.16 Å². The number of carbonyl (C=O) groups excluding carboxylic acids is 1. The van der Waals surface area contributed by atoms with Gasteiger partial charge in [-0.1, -0.05) is 47.0 Å². The third-order valence-electron chi connectivity index (χ3n) is 4.10. The molecule has 0 fully saturated rings. The van der Waals surface area contributed by atoms with Crippen LogP contribution >= 0.6 is 0 Å². The molecule has 0 heterocycles. The molecule has 120 valence electrons. The highest BCUT2D eigenvalue weighted by Crippen LogP contribution is 2.38. The first kappa shape index (κ1) is 19.6. The fourth-order valence-electron chi connectivity index (χ4n) is 1.82. The summed E-state index contributed by atoms with van der Waals surface area (Å²) in [5.74, 6) is -0.132. The van der Waals surface area contributed by atoms with Crippen molar-refractivity contribution in [3.05, 3.63) is 0 Å². The van der Waals surface area contributed by atoms with Gasteiger partial charge in [0.25, 0.3) is 0 Å². The smallest absolute Gasteiger partial charge is 0.308 e. The number of hydrogen-bond acceptors (Lipinski definition) is 3. The van der Waals surface area contributed by atoms with Crippen LogP contribution in [0.1, 0.15) is 66.7 Å². The molecule has 0 aliphatic heterocycles. The van der Waals surface area contributed by atoms with Crippen molar-refractivity contribution in [3.8, 4) is 0 Å². The zero-order valence-corrected chi connectivity index (χ0v) is 15.5. The van der Waals surface area contributed by atoms with Gasteiger partial charge in [0, 0.05) is 0 Å². The summed E-state index contributed by atoms with van der Waals surface area (Å²) in [6, 6.07) is 0. The Morgan fingerprint density at radius 3 is 2.20 bits per heavy atom. The van der Waals surface area contributed by atoms with Crippen LogP contribution in [0.4, 0.5) is 0 Å². The van der Waals surface area contributed by atoms with E-state index < -0.39 is 8.32 Å². The zero-order valence-electron chi connectivity index (χ0n) is 14.5. The summed E-state index contributed by atoms with van der Waals surface area (Å²) in [7, 11) is -1.83. The minimum absolute atomic E-state index is 0.0153. The largest absolute Gasteiger partial charge is 0.466 e. The zero-order chi connectivity index (χ0) is 15.8. The van der Waals surface area contributed by atoms with E-state index >= 15 is 0 Å². The predicted octanol–water partition coefficient (Wildman–Crippen LogP) is 4.91. The van der Waals surface area contributed by atoms with Gasteiger partial charge in [0.1, 0.15) is 0 Å². The van der Waals surface area contributed by atoms with Crippen LogP contribution in [-0.4, -0.2) is 27.0 Å². The molecule has 0 aromatic heterocycles. The van der Waals surface area contributed by atoms with E-state index in [1.807, 2.05) is 6.92 Å².